The lowest BCUT2D eigenvalue weighted by Crippen LogP contribution is -2.40. The maximum absolute atomic E-state index is 12.0. The summed E-state index contributed by atoms with van der Waals surface area (Å²) < 4.78 is 0. The topological polar surface area (TPSA) is 71.2 Å². The van der Waals surface area contributed by atoms with Crippen LogP contribution in [0.15, 0.2) is 12.1 Å². The average molecular weight is 285 g/mol. The summed E-state index contributed by atoms with van der Waals surface area (Å²) in [5, 5.41) is 3.15. The van der Waals surface area contributed by atoms with Gasteiger partial charge in [0.25, 0.3) is 5.91 Å². The first kappa shape index (κ1) is 15.7. The van der Waals surface area contributed by atoms with E-state index in [0.29, 0.717) is 11.6 Å². The van der Waals surface area contributed by atoms with Gasteiger partial charge in [0.1, 0.15) is 11.5 Å². The molecule has 0 spiro atoms. The smallest absolute Gasteiger partial charge is 0.271 e. The van der Waals surface area contributed by atoms with E-state index in [-0.39, 0.29) is 22.8 Å². The van der Waals surface area contributed by atoms with E-state index in [2.05, 4.69) is 29.0 Å². The molecule has 6 heteroatoms. The van der Waals surface area contributed by atoms with Crippen LogP contribution in [0.5, 0.6) is 0 Å². The van der Waals surface area contributed by atoms with E-state index < -0.39 is 0 Å². The molecule has 0 aliphatic carbocycles. The number of hydrogen-bond acceptors (Lipinski definition) is 4. The van der Waals surface area contributed by atoms with Crippen molar-refractivity contribution in [3.63, 3.8) is 0 Å². The Morgan fingerprint density at radius 3 is 2.68 bits per heavy atom. The minimum absolute atomic E-state index is 0.0358. The van der Waals surface area contributed by atoms with Crippen LogP contribution in [0.1, 0.15) is 24.3 Å². The largest absolute Gasteiger partial charge is 0.384 e. The van der Waals surface area contributed by atoms with Gasteiger partial charge in [-0.1, -0.05) is 25.4 Å². The highest BCUT2D eigenvalue weighted by atomic mass is 35.5. The fraction of sp³-hybridized carbons (Fsp3) is 0.538. The van der Waals surface area contributed by atoms with Crippen LogP contribution in [-0.4, -0.2) is 43.0 Å². The Bertz CT molecular complexity index is 460. The number of nitrogens with one attached hydrogen (secondary N) is 1. The molecule has 0 fully saturated rings. The van der Waals surface area contributed by atoms with Crippen LogP contribution in [0, 0.1) is 5.41 Å². The maximum Gasteiger partial charge on any atom is 0.271 e. The number of nitrogen functional groups attached to an aromatic ring is 1. The number of rotatable bonds is 5. The predicted octanol–water partition coefficient (Wildman–Crippen LogP) is 1.63. The van der Waals surface area contributed by atoms with Crippen LogP contribution in [0.4, 0.5) is 5.82 Å². The molecule has 3 N–H and O–H groups in total. The van der Waals surface area contributed by atoms with Gasteiger partial charge in [-0.25, -0.2) is 4.98 Å². The van der Waals surface area contributed by atoms with E-state index in [1.807, 2.05) is 14.1 Å². The van der Waals surface area contributed by atoms with Crippen molar-refractivity contribution in [3.05, 3.63) is 22.8 Å². The second kappa shape index (κ2) is 6.21. The van der Waals surface area contributed by atoms with E-state index >= 15 is 0 Å². The van der Waals surface area contributed by atoms with Crippen LogP contribution in [-0.2, 0) is 0 Å². The van der Waals surface area contributed by atoms with E-state index in [4.69, 9.17) is 17.3 Å². The first-order chi connectivity index (χ1) is 8.71. The van der Waals surface area contributed by atoms with Gasteiger partial charge >= 0.3 is 0 Å². The molecule has 19 heavy (non-hydrogen) atoms. The van der Waals surface area contributed by atoms with Crippen molar-refractivity contribution in [2.75, 3.05) is 32.9 Å². The fourth-order valence-electron chi connectivity index (χ4n) is 1.93. The Hall–Kier alpha value is -1.33. The quantitative estimate of drug-likeness (QED) is 0.862. The molecular formula is C13H21ClN4O. The van der Waals surface area contributed by atoms with Crippen molar-refractivity contribution in [3.8, 4) is 0 Å². The van der Waals surface area contributed by atoms with Crippen LogP contribution in [0.3, 0.4) is 0 Å². The number of anilines is 1. The molecule has 0 aromatic carbocycles. The lowest BCUT2D eigenvalue weighted by molar-refractivity contribution is 0.0924. The van der Waals surface area contributed by atoms with Crippen LogP contribution in [0.25, 0.3) is 0 Å². The zero-order valence-corrected chi connectivity index (χ0v) is 12.6. The molecule has 5 nitrogen and oxygen atoms in total. The van der Waals surface area contributed by atoms with Gasteiger partial charge < -0.3 is 16.0 Å². The highest BCUT2D eigenvalue weighted by Gasteiger charge is 2.21. The van der Waals surface area contributed by atoms with Gasteiger partial charge in [0.05, 0.1) is 5.02 Å². The molecule has 1 heterocycles. The number of amides is 1. The number of halogens is 1. The summed E-state index contributed by atoms with van der Waals surface area (Å²) in [5.41, 5.74) is 5.69. The first-order valence-electron chi connectivity index (χ1n) is 6.06. The first-order valence-corrected chi connectivity index (χ1v) is 6.44. The van der Waals surface area contributed by atoms with Gasteiger partial charge in [-0.2, -0.15) is 0 Å². The summed E-state index contributed by atoms with van der Waals surface area (Å²) in [5.74, 6) is -0.0220. The molecular weight excluding hydrogens is 264 g/mol. The Morgan fingerprint density at radius 2 is 2.11 bits per heavy atom. The van der Waals surface area contributed by atoms with E-state index in [9.17, 15) is 4.79 Å². The van der Waals surface area contributed by atoms with Crippen LogP contribution < -0.4 is 11.1 Å². The van der Waals surface area contributed by atoms with Gasteiger partial charge in [0, 0.05) is 13.1 Å². The molecule has 1 aromatic rings. The second-order valence-corrected chi connectivity index (χ2v) is 6.06. The minimum Gasteiger partial charge on any atom is -0.384 e. The Labute approximate surface area is 119 Å². The van der Waals surface area contributed by atoms with E-state index in [0.717, 1.165) is 6.54 Å². The molecule has 1 rings (SSSR count). The number of nitrogens with two attached hydrogens (primary N) is 1. The fourth-order valence-corrected chi connectivity index (χ4v) is 2.12. The van der Waals surface area contributed by atoms with Crippen LogP contribution in [0.2, 0.25) is 5.02 Å². The van der Waals surface area contributed by atoms with Crippen molar-refractivity contribution < 1.29 is 4.79 Å². The Balaban J connectivity index is 2.68. The molecule has 0 unspecified atom stereocenters. The number of aromatic nitrogens is 1. The third-order valence-corrected chi connectivity index (χ3v) is 2.86. The summed E-state index contributed by atoms with van der Waals surface area (Å²) in [4.78, 5) is 18.1. The van der Waals surface area contributed by atoms with Gasteiger partial charge in [0.15, 0.2) is 0 Å². The summed E-state index contributed by atoms with van der Waals surface area (Å²) in [7, 11) is 4.00. The maximum atomic E-state index is 12.0. The van der Waals surface area contributed by atoms with E-state index in [1.165, 1.54) is 0 Å². The SMILES string of the molecule is CN(C)CC(C)(C)CNC(=O)c1nc(N)ccc1Cl. The van der Waals surface area contributed by atoms with Gasteiger partial charge in [-0.15, -0.1) is 0 Å². The van der Waals surface area contributed by atoms with Crippen molar-refractivity contribution in [1.82, 2.24) is 15.2 Å². The highest BCUT2D eigenvalue weighted by molar-refractivity contribution is 6.33. The average Bonchev–Trinajstić information content (AvgIpc) is 2.27. The highest BCUT2D eigenvalue weighted by Crippen LogP contribution is 2.17. The van der Waals surface area contributed by atoms with Gasteiger partial charge in [-0.05, 0) is 31.6 Å². The standard InChI is InChI=1S/C13H21ClN4O/c1-13(2,8-18(3)4)7-16-12(19)11-9(14)5-6-10(15)17-11/h5-6H,7-8H2,1-4H3,(H2,15,17)(H,16,19). The van der Waals surface area contributed by atoms with Crippen molar-refractivity contribution in [2.24, 2.45) is 5.41 Å². The molecule has 0 atom stereocenters. The molecule has 1 aromatic heterocycles. The third kappa shape index (κ3) is 5.04. The molecule has 106 valence electrons. The Kier molecular flexibility index (Phi) is 5.14. The van der Waals surface area contributed by atoms with Gasteiger partial charge in [0.2, 0.25) is 0 Å². The molecule has 0 aliphatic rings. The lowest BCUT2D eigenvalue weighted by atomic mass is 9.93. The van der Waals surface area contributed by atoms with Crippen molar-refractivity contribution in [1.29, 1.82) is 0 Å². The number of carbonyl (C=O) groups is 1. The molecule has 1 amide bonds. The zero-order valence-electron chi connectivity index (χ0n) is 11.8. The van der Waals surface area contributed by atoms with Crippen LogP contribution >= 0.6 is 11.6 Å². The number of nitrogens with zero attached hydrogens (tertiary/aromatic N) is 2. The van der Waals surface area contributed by atoms with Crippen molar-refractivity contribution in [2.45, 2.75) is 13.8 Å². The summed E-state index contributed by atoms with van der Waals surface area (Å²) >= 11 is 5.94. The predicted molar refractivity (Wildman–Crippen MR) is 78.3 cm³/mol. The molecule has 0 bridgehead atoms. The molecule has 0 saturated carbocycles. The molecule has 0 saturated heterocycles. The minimum atomic E-state index is -0.302. The lowest BCUT2D eigenvalue weighted by Gasteiger charge is -2.28. The zero-order chi connectivity index (χ0) is 14.6. The monoisotopic (exact) mass is 284 g/mol. The number of carbonyl (C=O) groups excluding carboxylic acids is 1. The summed E-state index contributed by atoms with van der Waals surface area (Å²) in [6, 6.07) is 3.14. The normalized spacial score (nSPS) is 11.7. The summed E-state index contributed by atoms with van der Waals surface area (Å²) in [6.07, 6.45) is 0. The second-order valence-electron chi connectivity index (χ2n) is 5.65. The van der Waals surface area contributed by atoms with Gasteiger partial charge in [-0.3, -0.25) is 4.79 Å². The number of pyridine rings is 1. The Morgan fingerprint density at radius 1 is 1.47 bits per heavy atom. The molecule has 0 radical (unpaired) electrons. The molecule has 0 aliphatic heterocycles. The van der Waals surface area contributed by atoms with E-state index in [1.54, 1.807) is 12.1 Å². The third-order valence-electron chi connectivity index (χ3n) is 2.55. The summed E-state index contributed by atoms with van der Waals surface area (Å²) in [6.45, 7) is 5.57. The van der Waals surface area contributed by atoms with Crippen molar-refractivity contribution >= 4 is 23.3 Å². The number of hydrogen-bond donors (Lipinski definition) is 2.